The minimum absolute atomic E-state index is 0.968. The van der Waals surface area contributed by atoms with Crippen molar-refractivity contribution in [1.82, 2.24) is 19.4 Å². The van der Waals surface area contributed by atoms with E-state index in [1.807, 2.05) is 18.3 Å². The van der Waals surface area contributed by atoms with Gasteiger partial charge in [-0.3, -0.25) is 9.47 Å². The van der Waals surface area contributed by atoms with E-state index >= 15 is 0 Å². The van der Waals surface area contributed by atoms with Crippen molar-refractivity contribution in [3.8, 4) is 0 Å². The number of fused-ring (bicyclic) bond motifs is 1. The third-order valence-electron chi connectivity index (χ3n) is 4.09. The van der Waals surface area contributed by atoms with Crippen LogP contribution in [-0.2, 0) is 7.05 Å². The Hall–Kier alpha value is -1.62. The third-order valence-corrected chi connectivity index (χ3v) is 4.09. The number of aromatic nitrogens is 3. The molecule has 1 aliphatic rings. The van der Waals surface area contributed by atoms with Gasteiger partial charge in [0.15, 0.2) is 5.65 Å². The van der Waals surface area contributed by atoms with Gasteiger partial charge in [0, 0.05) is 39.4 Å². The van der Waals surface area contributed by atoms with Crippen molar-refractivity contribution in [1.29, 1.82) is 0 Å². The number of nitrogens with zero attached hydrogens (tertiary/aromatic N) is 5. The van der Waals surface area contributed by atoms with Crippen LogP contribution >= 0.6 is 0 Å². The topological polar surface area (TPSA) is 37.2 Å². The Kier molecular flexibility index (Phi) is 3.87. The molecule has 1 fully saturated rings. The summed E-state index contributed by atoms with van der Waals surface area (Å²) in [6.45, 7) is 7.87. The molecule has 0 radical (unpaired) electrons. The van der Waals surface area contributed by atoms with E-state index in [1.54, 1.807) is 0 Å². The van der Waals surface area contributed by atoms with Crippen LogP contribution in [0.25, 0.3) is 11.2 Å². The Bertz CT molecular complexity index is 569. The summed E-state index contributed by atoms with van der Waals surface area (Å²) in [5.74, 6) is 1.05. The number of rotatable bonds is 4. The molecule has 3 heterocycles. The number of aryl methyl sites for hydroxylation is 1. The Morgan fingerprint density at radius 2 is 2.00 bits per heavy atom. The predicted octanol–water partition coefficient (Wildman–Crippen LogP) is 1.89. The fourth-order valence-corrected chi connectivity index (χ4v) is 2.85. The standard InChI is InChI=1S/C15H23N5/c1-3-4-8-19-9-11-20(12-10-19)15-17-13-6-5-7-16-14(13)18(15)2/h5-7H,3-4,8-12H2,1-2H3. The van der Waals surface area contributed by atoms with E-state index in [0.717, 1.165) is 43.3 Å². The van der Waals surface area contributed by atoms with Crippen LogP contribution in [0.5, 0.6) is 0 Å². The Labute approximate surface area is 120 Å². The minimum Gasteiger partial charge on any atom is -0.340 e. The summed E-state index contributed by atoms with van der Waals surface area (Å²) in [4.78, 5) is 14.1. The van der Waals surface area contributed by atoms with E-state index < -0.39 is 0 Å². The second kappa shape index (κ2) is 5.79. The van der Waals surface area contributed by atoms with Crippen LogP contribution in [0.3, 0.4) is 0 Å². The van der Waals surface area contributed by atoms with Crippen LogP contribution in [0, 0.1) is 0 Å². The van der Waals surface area contributed by atoms with Crippen molar-refractivity contribution in [2.24, 2.45) is 7.05 Å². The van der Waals surface area contributed by atoms with Crippen molar-refractivity contribution < 1.29 is 0 Å². The molecular weight excluding hydrogens is 250 g/mol. The highest BCUT2D eigenvalue weighted by atomic mass is 15.4. The van der Waals surface area contributed by atoms with Gasteiger partial charge in [-0.05, 0) is 25.1 Å². The maximum Gasteiger partial charge on any atom is 0.207 e. The maximum absolute atomic E-state index is 4.73. The van der Waals surface area contributed by atoms with Gasteiger partial charge in [0.2, 0.25) is 5.95 Å². The second-order valence-corrected chi connectivity index (χ2v) is 5.50. The van der Waals surface area contributed by atoms with Crippen LogP contribution in [-0.4, -0.2) is 52.2 Å². The molecule has 0 bridgehead atoms. The lowest BCUT2D eigenvalue weighted by molar-refractivity contribution is 0.252. The number of piperazine rings is 1. The van der Waals surface area contributed by atoms with E-state index in [9.17, 15) is 0 Å². The number of pyridine rings is 1. The van der Waals surface area contributed by atoms with Crippen molar-refractivity contribution in [2.75, 3.05) is 37.6 Å². The molecule has 0 unspecified atom stereocenters. The molecule has 0 saturated carbocycles. The van der Waals surface area contributed by atoms with E-state index in [4.69, 9.17) is 4.98 Å². The van der Waals surface area contributed by atoms with Crippen LogP contribution in [0.1, 0.15) is 19.8 Å². The zero-order chi connectivity index (χ0) is 13.9. The monoisotopic (exact) mass is 273 g/mol. The highest BCUT2D eigenvalue weighted by molar-refractivity contribution is 5.74. The number of hydrogen-bond donors (Lipinski definition) is 0. The summed E-state index contributed by atoms with van der Waals surface area (Å²) in [7, 11) is 2.06. The molecule has 0 aromatic carbocycles. The Balaban J connectivity index is 1.72. The first-order valence-corrected chi connectivity index (χ1v) is 7.54. The van der Waals surface area contributed by atoms with Gasteiger partial charge < -0.3 is 4.90 Å². The number of imidazole rings is 1. The van der Waals surface area contributed by atoms with Gasteiger partial charge in [0.05, 0.1) is 0 Å². The Morgan fingerprint density at radius 1 is 1.20 bits per heavy atom. The van der Waals surface area contributed by atoms with Crippen LogP contribution in [0.15, 0.2) is 18.3 Å². The van der Waals surface area contributed by atoms with Gasteiger partial charge in [-0.15, -0.1) is 0 Å². The number of hydrogen-bond acceptors (Lipinski definition) is 4. The first-order valence-electron chi connectivity index (χ1n) is 7.54. The molecule has 1 saturated heterocycles. The lowest BCUT2D eigenvalue weighted by Crippen LogP contribution is -2.47. The fourth-order valence-electron chi connectivity index (χ4n) is 2.85. The second-order valence-electron chi connectivity index (χ2n) is 5.50. The van der Waals surface area contributed by atoms with Gasteiger partial charge in [0.25, 0.3) is 0 Å². The summed E-state index contributed by atoms with van der Waals surface area (Å²) in [5.41, 5.74) is 1.95. The molecule has 5 nitrogen and oxygen atoms in total. The van der Waals surface area contributed by atoms with Gasteiger partial charge in [-0.2, -0.15) is 0 Å². The summed E-state index contributed by atoms with van der Waals surface area (Å²) >= 11 is 0. The van der Waals surface area contributed by atoms with Crippen LogP contribution in [0.2, 0.25) is 0 Å². The van der Waals surface area contributed by atoms with Crippen LogP contribution < -0.4 is 4.90 Å². The van der Waals surface area contributed by atoms with Gasteiger partial charge in [-0.1, -0.05) is 13.3 Å². The van der Waals surface area contributed by atoms with E-state index in [-0.39, 0.29) is 0 Å². The summed E-state index contributed by atoms with van der Waals surface area (Å²) in [5, 5.41) is 0. The number of unbranched alkanes of at least 4 members (excludes halogenated alkanes) is 1. The van der Waals surface area contributed by atoms with E-state index in [1.165, 1.54) is 19.4 Å². The van der Waals surface area contributed by atoms with Crippen molar-refractivity contribution in [2.45, 2.75) is 19.8 Å². The maximum atomic E-state index is 4.73. The summed E-state index contributed by atoms with van der Waals surface area (Å²) in [6, 6.07) is 3.98. The molecule has 1 aliphatic heterocycles. The molecule has 108 valence electrons. The van der Waals surface area contributed by atoms with Gasteiger partial charge in [0.1, 0.15) is 5.52 Å². The average Bonchev–Trinajstić information content (AvgIpc) is 2.83. The molecular formula is C15H23N5. The van der Waals surface area contributed by atoms with E-state index in [2.05, 4.69) is 33.3 Å². The highest BCUT2D eigenvalue weighted by Gasteiger charge is 2.21. The van der Waals surface area contributed by atoms with Crippen molar-refractivity contribution in [3.05, 3.63) is 18.3 Å². The molecule has 0 aliphatic carbocycles. The van der Waals surface area contributed by atoms with E-state index in [0.29, 0.717) is 0 Å². The van der Waals surface area contributed by atoms with Crippen molar-refractivity contribution in [3.63, 3.8) is 0 Å². The van der Waals surface area contributed by atoms with Crippen molar-refractivity contribution >= 4 is 17.1 Å². The molecule has 5 heteroatoms. The largest absolute Gasteiger partial charge is 0.340 e. The smallest absolute Gasteiger partial charge is 0.207 e. The first kappa shape index (κ1) is 13.4. The third kappa shape index (κ3) is 2.50. The molecule has 0 amide bonds. The van der Waals surface area contributed by atoms with Gasteiger partial charge >= 0.3 is 0 Å². The molecule has 3 rings (SSSR count). The van der Waals surface area contributed by atoms with Crippen LogP contribution in [0.4, 0.5) is 5.95 Å². The lowest BCUT2D eigenvalue weighted by Gasteiger charge is -2.35. The molecule has 0 atom stereocenters. The predicted molar refractivity (Wildman–Crippen MR) is 82.1 cm³/mol. The highest BCUT2D eigenvalue weighted by Crippen LogP contribution is 2.20. The summed E-state index contributed by atoms with van der Waals surface area (Å²) in [6.07, 6.45) is 4.41. The Morgan fingerprint density at radius 3 is 2.70 bits per heavy atom. The molecule has 20 heavy (non-hydrogen) atoms. The van der Waals surface area contributed by atoms with Gasteiger partial charge in [-0.25, -0.2) is 9.97 Å². The number of anilines is 1. The molecule has 0 spiro atoms. The first-order chi connectivity index (χ1) is 9.79. The molecule has 2 aromatic heterocycles. The lowest BCUT2D eigenvalue weighted by atomic mass is 10.2. The fraction of sp³-hybridized carbons (Fsp3) is 0.600. The zero-order valence-electron chi connectivity index (χ0n) is 12.4. The normalized spacial score (nSPS) is 17.0. The summed E-state index contributed by atoms with van der Waals surface area (Å²) < 4.78 is 2.11. The molecule has 0 N–H and O–H groups in total. The average molecular weight is 273 g/mol. The quantitative estimate of drug-likeness (QED) is 0.852. The minimum atomic E-state index is 0.968. The SMILES string of the molecule is CCCCN1CCN(c2nc3cccnc3n2C)CC1. The zero-order valence-corrected chi connectivity index (χ0v) is 12.4. The molecule has 2 aromatic rings.